The lowest BCUT2D eigenvalue weighted by Crippen LogP contribution is -2.43. The van der Waals surface area contributed by atoms with Crippen LogP contribution in [0.3, 0.4) is 0 Å². The molecule has 1 heterocycles. The molecule has 2 aliphatic carbocycles. The standard InChI is InChI=1S/C27H30N2O2S/c1-18(2)32-26-28-24-22-13-6-5-10-19(22)17-27(14-7-4-8-15-27)23(24)25(30)29(26)20-11-9-12-21(16-20)31-3/h5-6,9-13,16,18H,4,7-8,14-15,17H2,1-3H3. The number of benzene rings is 2. The van der Waals surface area contributed by atoms with Gasteiger partial charge in [0, 0.05) is 22.3 Å². The zero-order valence-corrected chi connectivity index (χ0v) is 19.9. The number of ether oxygens (including phenoxy) is 1. The average Bonchev–Trinajstić information content (AvgIpc) is 2.79. The molecule has 4 nitrogen and oxygen atoms in total. The predicted octanol–water partition coefficient (Wildman–Crippen LogP) is 6.17. The van der Waals surface area contributed by atoms with Crippen molar-refractivity contribution < 1.29 is 4.74 Å². The Morgan fingerprint density at radius 3 is 2.59 bits per heavy atom. The lowest BCUT2D eigenvalue weighted by Gasteiger charge is -2.42. The summed E-state index contributed by atoms with van der Waals surface area (Å²) in [5, 5.41) is 1.05. The molecule has 0 radical (unpaired) electrons. The maximum Gasteiger partial charge on any atom is 0.263 e. The third-order valence-corrected chi connectivity index (χ3v) is 7.80. The summed E-state index contributed by atoms with van der Waals surface area (Å²) in [6.45, 7) is 4.28. The zero-order chi connectivity index (χ0) is 22.3. The Kier molecular flexibility index (Phi) is 5.62. The van der Waals surface area contributed by atoms with E-state index < -0.39 is 0 Å². The second-order valence-corrected chi connectivity index (χ2v) is 10.8. The van der Waals surface area contributed by atoms with Crippen molar-refractivity contribution in [3.8, 4) is 22.7 Å². The second-order valence-electron chi connectivity index (χ2n) is 9.30. The quantitative estimate of drug-likeness (QED) is 0.355. The molecule has 0 N–H and O–H groups in total. The highest BCUT2D eigenvalue weighted by Gasteiger charge is 2.43. The van der Waals surface area contributed by atoms with Gasteiger partial charge >= 0.3 is 0 Å². The van der Waals surface area contributed by atoms with Crippen molar-refractivity contribution in [1.82, 2.24) is 9.55 Å². The van der Waals surface area contributed by atoms with Gasteiger partial charge in [-0.2, -0.15) is 0 Å². The average molecular weight is 447 g/mol. The third-order valence-electron chi connectivity index (χ3n) is 6.85. The molecule has 32 heavy (non-hydrogen) atoms. The van der Waals surface area contributed by atoms with E-state index in [9.17, 15) is 4.79 Å². The van der Waals surface area contributed by atoms with Crippen molar-refractivity contribution >= 4 is 11.8 Å². The Morgan fingerprint density at radius 1 is 1.06 bits per heavy atom. The molecule has 0 saturated heterocycles. The number of nitrogens with zero attached hydrogens (tertiary/aromatic N) is 2. The highest BCUT2D eigenvalue weighted by molar-refractivity contribution is 7.99. The first-order chi connectivity index (χ1) is 15.5. The van der Waals surface area contributed by atoms with Crippen LogP contribution in [-0.2, 0) is 11.8 Å². The van der Waals surface area contributed by atoms with E-state index in [4.69, 9.17) is 9.72 Å². The van der Waals surface area contributed by atoms with Gasteiger partial charge in [-0.1, -0.05) is 75.2 Å². The molecule has 0 atom stereocenters. The highest BCUT2D eigenvalue weighted by atomic mass is 32.2. The van der Waals surface area contributed by atoms with Crippen LogP contribution >= 0.6 is 11.8 Å². The van der Waals surface area contributed by atoms with Crippen LogP contribution in [-0.4, -0.2) is 21.9 Å². The molecular formula is C27H30N2O2S. The molecule has 0 unspecified atom stereocenters. The Bertz CT molecular complexity index is 1210. The minimum atomic E-state index is -0.117. The van der Waals surface area contributed by atoms with Crippen LogP contribution < -0.4 is 10.3 Å². The second kappa shape index (κ2) is 8.43. The normalized spacial score (nSPS) is 16.6. The van der Waals surface area contributed by atoms with E-state index in [1.54, 1.807) is 18.9 Å². The highest BCUT2D eigenvalue weighted by Crippen LogP contribution is 2.49. The molecule has 5 heteroatoms. The molecule has 1 saturated carbocycles. The maximum atomic E-state index is 14.4. The van der Waals surface area contributed by atoms with E-state index in [0.717, 1.165) is 52.7 Å². The predicted molar refractivity (Wildman–Crippen MR) is 131 cm³/mol. The molecule has 3 aromatic rings. The van der Waals surface area contributed by atoms with Gasteiger partial charge in [-0.25, -0.2) is 4.98 Å². The Hall–Kier alpha value is -2.53. The Balaban J connectivity index is 1.83. The van der Waals surface area contributed by atoms with E-state index in [-0.39, 0.29) is 11.0 Å². The Morgan fingerprint density at radius 2 is 1.84 bits per heavy atom. The van der Waals surface area contributed by atoms with Gasteiger partial charge in [0.1, 0.15) is 5.75 Å². The topological polar surface area (TPSA) is 44.1 Å². The largest absolute Gasteiger partial charge is 0.497 e. The van der Waals surface area contributed by atoms with Crippen molar-refractivity contribution in [3.63, 3.8) is 0 Å². The van der Waals surface area contributed by atoms with Gasteiger partial charge in [0.2, 0.25) is 0 Å². The smallest absolute Gasteiger partial charge is 0.263 e. The number of hydrogen-bond acceptors (Lipinski definition) is 4. The van der Waals surface area contributed by atoms with Crippen molar-refractivity contribution in [2.24, 2.45) is 0 Å². The molecule has 1 fully saturated rings. The van der Waals surface area contributed by atoms with Gasteiger partial charge < -0.3 is 4.74 Å². The van der Waals surface area contributed by atoms with E-state index in [2.05, 4.69) is 38.1 Å². The Labute approximate surface area is 194 Å². The number of rotatable bonds is 4. The summed E-state index contributed by atoms with van der Waals surface area (Å²) < 4.78 is 7.29. The molecule has 2 aliphatic rings. The summed E-state index contributed by atoms with van der Waals surface area (Å²) in [5.41, 5.74) is 5.06. The van der Waals surface area contributed by atoms with E-state index in [1.807, 2.05) is 28.8 Å². The zero-order valence-electron chi connectivity index (χ0n) is 19.1. The number of fused-ring (bicyclic) bond motifs is 4. The fraction of sp³-hybridized carbons (Fsp3) is 0.407. The van der Waals surface area contributed by atoms with Crippen molar-refractivity contribution in [2.45, 2.75) is 68.2 Å². The maximum absolute atomic E-state index is 14.4. The van der Waals surface area contributed by atoms with Gasteiger partial charge in [-0.05, 0) is 37.0 Å². The van der Waals surface area contributed by atoms with Crippen LogP contribution in [0.4, 0.5) is 0 Å². The molecule has 1 aromatic heterocycles. The fourth-order valence-electron chi connectivity index (χ4n) is 5.46. The first-order valence-corrected chi connectivity index (χ1v) is 12.5. The third kappa shape index (κ3) is 3.57. The summed E-state index contributed by atoms with van der Waals surface area (Å²) in [7, 11) is 1.66. The number of thioether (sulfide) groups is 1. The lowest BCUT2D eigenvalue weighted by atomic mass is 9.62. The molecule has 2 aromatic carbocycles. The fourth-order valence-corrected chi connectivity index (χ4v) is 6.31. The van der Waals surface area contributed by atoms with Crippen LogP contribution in [0.15, 0.2) is 58.5 Å². The number of aromatic nitrogens is 2. The molecule has 166 valence electrons. The van der Waals surface area contributed by atoms with Gasteiger partial charge in [0.15, 0.2) is 5.16 Å². The first kappa shape index (κ1) is 21.3. The summed E-state index contributed by atoms with van der Waals surface area (Å²) in [6.07, 6.45) is 6.63. The van der Waals surface area contributed by atoms with E-state index in [0.29, 0.717) is 5.25 Å². The summed E-state index contributed by atoms with van der Waals surface area (Å²) in [5.74, 6) is 0.741. The number of methoxy groups -OCH3 is 1. The van der Waals surface area contributed by atoms with E-state index in [1.165, 1.54) is 24.8 Å². The van der Waals surface area contributed by atoms with Crippen molar-refractivity contribution in [3.05, 3.63) is 70.0 Å². The first-order valence-electron chi connectivity index (χ1n) is 11.6. The molecule has 1 spiro atoms. The molecule has 0 aliphatic heterocycles. The molecule has 0 bridgehead atoms. The summed E-state index contributed by atoms with van der Waals surface area (Å²) in [6, 6.07) is 16.3. The molecule has 5 rings (SSSR count). The van der Waals surface area contributed by atoms with Crippen LogP contribution in [0.25, 0.3) is 16.9 Å². The monoisotopic (exact) mass is 446 g/mol. The minimum absolute atomic E-state index is 0.0859. The SMILES string of the molecule is COc1cccc(-n2c(SC(C)C)nc3c(c2=O)C2(CCCCC2)Cc2ccccc2-3)c1. The van der Waals surface area contributed by atoms with Gasteiger partial charge in [-0.15, -0.1) is 0 Å². The van der Waals surface area contributed by atoms with Crippen molar-refractivity contribution in [2.75, 3.05) is 7.11 Å². The number of hydrogen-bond donors (Lipinski definition) is 0. The van der Waals surface area contributed by atoms with Gasteiger partial charge in [0.25, 0.3) is 5.56 Å². The molecular weight excluding hydrogens is 416 g/mol. The van der Waals surface area contributed by atoms with Crippen LogP contribution in [0.5, 0.6) is 5.75 Å². The summed E-state index contributed by atoms with van der Waals surface area (Å²) in [4.78, 5) is 19.6. The minimum Gasteiger partial charge on any atom is -0.497 e. The molecule has 0 amide bonds. The van der Waals surface area contributed by atoms with Crippen molar-refractivity contribution in [1.29, 1.82) is 0 Å². The van der Waals surface area contributed by atoms with Gasteiger partial charge in [-0.3, -0.25) is 9.36 Å². The van der Waals surface area contributed by atoms with Gasteiger partial charge in [0.05, 0.1) is 24.1 Å². The van der Waals surface area contributed by atoms with Crippen LogP contribution in [0, 0.1) is 0 Å². The van der Waals surface area contributed by atoms with E-state index >= 15 is 0 Å². The van der Waals surface area contributed by atoms with Crippen LogP contribution in [0.2, 0.25) is 0 Å². The summed E-state index contributed by atoms with van der Waals surface area (Å²) >= 11 is 1.64. The lowest BCUT2D eigenvalue weighted by molar-refractivity contribution is 0.283. The van der Waals surface area contributed by atoms with Crippen LogP contribution in [0.1, 0.15) is 57.1 Å².